The molecule has 1 aliphatic carbocycles. The van der Waals surface area contributed by atoms with Crippen LogP contribution in [0.15, 0.2) is 60.4 Å². The van der Waals surface area contributed by atoms with Gasteiger partial charge in [-0.2, -0.15) is 5.10 Å². The number of benzene rings is 1. The molecular formula is C24H26FN3O. The molecule has 1 aliphatic rings. The van der Waals surface area contributed by atoms with Crippen LogP contribution in [-0.2, 0) is 11.2 Å². The highest BCUT2D eigenvalue weighted by Crippen LogP contribution is 2.45. The van der Waals surface area contributed by atoms with Gasteiger partial charge in [0.15, 0.2) is 0 Å². The van der Waals surface area contributed by atoms with Gasteiger partial charge in [-0.1, -0.05) is 18.6 Å². The van der Waals surface area contributed by atoms with E-state index in [9.17, 15) is 4.39 Å². The molecule has 1 aromatic carbocycles. The lowest BCUT2D eigenvalue weighted by molar-refractivity contribution is 0.0295. The monoisotopic (exact) mass is 391 g/mol. The minimum Gasteiger partial charge on any atom is -0.372 e. The molecule has 0 spiro atoms. The van der Waals surface area contributed by atoms with Gasteiger partial charge in [-0.3, -0.25) is 4.98 Å². The third-order valence-corrected chi connectivity index (χ3v) is 5.86. The molecule has 3 aromatic rings. The molecule has 0 fully saturated rings. The minimum absolute atomic E-state index is 0.0526. The van der Waals surface area contributed by atoms with Crippen molar-refractivity contribution in [3.8, 4) is 5.69 Å². The number of rotatable bonds is 6. The lowest BCUT2D eigenvalue weighted by Gasteiger charge is -2.36. The van der Waals surface area contributed by atoms with E-state index in [0.717, 1.165) is 29.9 Å². The van der Waals surface area contributed by atoms with Crippen LogP contribution in [-0.4, -0.2) is 21.4 Å². The van der Waals surface area contributed by atoms with Crippen molar-refractivity contribution in [2.45, 2.75) is 39.7 Å². The molecule has 2 aromatic heterocycles. The summed E-state index contributed by atoms with van der Waals surface area (Å²) in [6, 6.07) is 12.4. The summed E-state index contributed by atoms with van der Waals surface area (Å²) in [5.74, 6) is -0.245. The second kappa shape index (κ2) is 7.91. The predicted octanol–water partition coefficient (Wildman–Crippen LogP) is 5.54. The maximum absolute atomic E-state index is 13.3. The average Bonchev–Trinajstić information content (AvgIpc) is 3.11. The van der Waals surface area contributed by atoms with Gasteiger partial charge in [-0.15, -0.1) is 0 Å². The number of halogens is 1. The van der Waals surface area contributed by atoms with Crippen LogP contribution in [0.4, 0.5) is 4.39 Å². The standard InChI is InChI=1S/C24H26FN3O/c1-4-29-23(21-7-5-6-12-26-21)15-24(3)14-18-16-27-28(22(18)13-17(24)2)20-10-8-19(25)9-11-20/h5-13,16,23H,4,14-15H2,1-3H3. The Bertz CT molecular complexity index is 1010. The van der Waals surface area contributed by atoms with Crippen molar-refractivity contribution in [1.82, 2.24) is 14.8 Å². The first-order valence-electron chi connectivity index (χ1n) is 10.0. The molecule has 2 atom stereocenters. The summed E-state index contributed by atoms with van der Waals surface area (Å²) < 4.78 is 21.3. The second-order valence-corrected chi connectivity index (χ2v) is 7.91. The van der Waals surface area contributed by atoms with E-state index in [1.54, 1.807) is 12.1 Å². The molecular weight excluding hydrogens is 365 g/mol. The van der Waals surface area contributed by atoms with Crippen molar-refractivity contribution in [1.29, 1.82) is 0 Å². The van der Waals surface area contributed by atoms with Gasteiger partial charge in [0.2, 0.25) is 0 Å². The number of hydrogen-bond donors (Lipinski definition) is 0. The van der Waals surface area contributed by atoms with Gasteiger partial charge in [0.25, 0.3) is 0 Å². The van der Waals surface area contributed by atoms with Crippen molar-refractivity contribution >= 4 is 6.08 Å². The fourth-order valence-corrected chi connectivity index (χ4v) is 4.07. The van der Waals surface area contributed by atoms with Crippen LogP contribution in [0, 0.1) is 11.2 Å². The zero-order chi connectivity index (χ0) is 20.4. The summed E-state index contributed by atoms with van der Waals surface area (Å²) in [6.45, 7) is 7.12. The van der Waals surface area contributed by atoms with E-state index in [4.69, 9.17) is 4.74 Å². The molecule has 4 rings (SSSR count). The first-order chi connectivity index (χ1) is 14.0. The lowest BCUT2D eigenvalue weighted by atomic mass is 9.70. The van der Waals surface area contributed by atoms with Crippen LogP contribution in [0.25, 0.3) is 11.8 Å². The largest absolute Gasteiger partial charge is 0.372 e. The van der Waals surface area contributed by atoms with Crippen LogP contribution in [0.1, 0.15) is 50.2 Å². The number of fused-ring (bicyclic) bond motifs is 1. The summed E-state index contributed by atoms with van der Waals surface area (Å²) in [5.41, 5.74) is 5.32. The quantitative estimate of drug-likeness (QED) is 0.554. The predicted molar refractivity (Wildman–Crippen MR) is 112 cm³/mol. The highest BCUT2D eigenvalue weighted by atomic mass is 19.1. The van der Waals surface area contributed by atoms with E-state index >= 15 is 0 Å². The third-order valence-electron chi connectivity index (χ3n) is 5.86. The smallest absolute Gasteiger partial charge is 0.123 e. The highest BCUT2D eigenvalue weighted by Gasteiger charge is 2.36. The van der Waals surface area contributed by atoms with Crippen molar-refractivity contribution in [3.63, 3.8) is 0 Å². The van der Waals surface area contributed by atoms with E-state index in [2.05, 4.69) is 30.0 Å². The summed E-state index contributed by atoms with van der Waals surface area (Å²) in [7, 11) is 0. The molecule has 2 heterocycles. The molecule has 0 aliphatic heterocycles. The molecule has 0 radical (unpaired) electrons. The van der Waals surface area contributed by atoms with Crippen molar-refractivity contribution in [2.24, 2.45) is 5.41 Å². The van der Waals surface area contributed by atoms with Crippen LogP contribution in [0.2, 0.25) is 0 Å². The van der Waals surface area contributed by atoms with Crippen LogP contribution < -0.4 is 0 Å². The van der Waals surface area contributed by atoms with Crippen molar-refractivity contribution in [2.75, 3.05) is 6.61 Å². The van der Waals surface area contributed by atoms with E-state index in [1.165, 1.54) is 23.3 Å². The summed E-state index contributed by atoms with van der Waals surface area (Å²) in [4.78, 5) is 4.52. The van der Waals surface area contributed by atoms with Gasteiger partial charge in [0, 0.05) is 12.8 Å². The Morgan fingerprint density at radius 2 is 2.00 bits per heavy atom. The van der Waals surface area contributed by atoms with Crippen molar-refractivity contribution < 1.29 is 9.13 Å². The second-order valence-electron chi connectivity index (χ2n) is 7.91. The Hall–Kier alpha value is -2.79. The van der Waals surface area contributed by atoms with Crippen LogP contribution >= 0.6 is 0 Å². The molecule has 0 saturated carbocycles. The molecule has 0 N–H and O–H groups in total. The highest BCUT2D eigenvalue weighted by molar-refractivity contribution is 5.60. The Labute approximate surface area is 171 Å². The van der Waals surface area contributed by atoms with Gasteiger partial charge in [-0.25, -0.2) is 9.07 Å². The van der Waals surface area contributed by atoms with E-state index < -0.39 is 0 Å². The van der Waals surface area contributed by atoms with Crippen LogP contribution in [0.5, 0.6) is 0 Å². The molecule has 150 valence electrons. The molecule has 5 heteroatoms. The van der Waals surface area contributed by atoms with Gasteiger partial charge in [-0.05, 0) is 80.1 Å². The number of hydrogen-bond acceptors (Lipinski definition) is 3. The fraction of sp³-hybridized carbons (Fsp3) is 0.333. The summed E-state index contributed by atoms with van der Waals surface area (Å²) in [5, 5.41) is 4.58. The summed E-state index contributed by atoms with van der Waals surface area (Å²) in [6.07, 6.45) is 7.62. The first-order valence-corrected chi connectivity index (χ1v) is 10.0. The molecule has 0 bridgehead atoms. The maximum atomic E-state index is 13.3. The fourth-order valence-electron chi connectivity index (χ4n) is 4.07. The number of aromatic nitrogens is 3. The zero-order valence-corrected chi connectivity index (χ0v) is 17.1. The molecule has 2 unspecified atom stereocenters. The van der Waals surface area contributed by atoms with E-state index in [-0.39, 0.29) is 17.3 Å². The number of nitrogens with zero attached hydrogens (tertiary/aromatic N) is 3. The Morgan fingerprint density at radius 1 is 1.21 bits per heavy atom. The minimum atomic E-state index is -0.245. The van der Waals surface area contributed by atoms with Crippen molar-refractivity contribution in [3.05, 3.63) is 83.2 Å². The first kappa shape index (κ1) is 19.5. The van der Waals surface area contributed by atoms with Crippen LogP contribution in [0.3, 0.4) is 0 Å². The topological polar surface area (TPSA) is 39.9 Å². The maximum Gasteiger partial charge on any atom is 0.123 e. The van der Waals surface area contributed by atoms with Gasteiger partial charge in [0.1, 0.15) is 11.9 Å². The van der Waals surface area contributed by atoms with Gasteiger partial charge >= 0.3 is 0 Å². The molecule has 29 heavy (non-hydrogen) atoms. The number of allylic oxidation sites excluding steroid dienone is 1. The zero-order valence-electron chi connectivity index (χ0n) is 17.1. The SMILES string of the molecule is CCOC(CC1(C)Cc2cnn(-c3ccc(F)cc3)c2C=C1C)c1ccccn1. The van der Waals surface area contributed by atoms with Gasteiger partial charge in [0.05, 0.1) is 23.3 Å². The Balaban J connectivity index is 1.64. The normalized spacial score (nSPS) is 19.5. The third kappa shape index (κ3) is 3.87. The summed E-state index contributed by atoms with van der Waals surface area (Å²) >= 11 is 0. The Kier molecular flexibility index (Phi) is 5.33. The molecule has 4 nitrogen and oxygen atoms in total. The number of pyridine rings is 1. The molecule has 0 amide bonds. The molecule has 0 saturated heterocycles. The lowest BCUT2D eigenvalue weighted by Crippen LogP contribution is -2.28. The Morgan fingerprint density at radius 3 is 2.69 bits per heavy atom. The van der Waals surface area contributed by atoms with E-state index in [1.807, 2.05) is 42.2 Å². The van der Waals surface area contributed by atoms with Gasteiger partial charge < -0.3 is 4.74 Å². The van der Waals surface area contributed by atoms with E-state index in [0.29, 0.717) is 6.61 Å². The average molecular weight is 391 g/mol. The number of ether oxygens (including phenoxy) is 1.